The summed E-state index contributed by atoms with van der Waals surface area (Å²) in [5.41, 5.74) is 1.86. The van der Waals surface area contributed by atoms with Gasteiger partial charge in [0.2, 0.25) is 0 Å². The molecular weight excluding hydrogens is 108 g/mol. The van der Waals surface area contributed by atoms with Crippen LogP contribution in [0.25, 0.3) is 0 Å². The van der Waals surface area contributed by atoms with E-state index in [-0.39, 0.29) is 0 Å². The van der Waals surface area contributed by atoms with Crippen LogP contribution in [0.2, 0.25) is 0 Å². The lowest BCUT2D eigenvalue weighted by molar-refractivity contribution is 0.333. The highest BCUT2D eigenvalue weighted by Gasteiger charge is 2.33. The summed E-state index contributed by atoms with van der Waals surface area (Å²) >= 11 is 0. The molecule has 0 N–H and O–H groups in total. The van der Waals surface area contributed by atoms with Crippen molar-refractivity contribution in [1.82, 2.24) is 0 Å². The third kappa shape index (κ3) is 0.910. The highest BCUT2D eigenvalue weighted by molar-refractivity contribution is 5.13. The zero-order valence-corrected chi connectivity index (χ0v) is 6.70. The first-order valence-corrected chi connectivity index (χ1v) is 3.73. The number of hydrogen-bond donors (Lipinski definition) is 0. The van der Waals surface area contributed by atoms with Crippen LogP contribution < -0.4 is 0 Å². The van der Waals surface area contributed by atoms with E-state index >= 15 is 0 Å². The molecule has 0 aliphatic heterocycles. The van der Waals surface area contributed by atoms with Crippen molar-refractivity contribution < 1.29 is 0 Å². The van der Waals surface area contributed by atoms with Crippen molar-refractivity contribution in [2.24, 2.45) is 11.3 Å². The first-order chi connectivity index (χ1) is 4.05. The van der Waals surface area contributed by atoms with Crippen molar-refractivity contribution in [1.29, 1.82) is 0 Å². The lowest BCUT2D eigenvalue weighted by atomic mass is 9.81. The minimum absolute atomic E-state index is 0.417. The predicted octanol–water partition coefficient (Wildman–Crippen LogP) is 3.00. The van der Waals surface area contributed by atoms with E-state index in [0.717, 1.165) is 5.92 Å². The van der Waals surface area contributed by atoms with Crippen LogP contribution in [0, 0.1) is 11.3 Å². The van der Waals surface area contributed by atoms with E-state index in [1.54, 1.807) is 0 Å². The molecule has 0 heterocycles. The van der Waals surface area contributed by atoms with Gasteiger partial charge in [-0.05, 0) is 24.2 Å². The van der Waals surface area contributed by atoms with Gasteiger partial charge in [-0.3, -0.25) is 0 Å². The summed E-state index contributed by atoms with van der Waals surface area (Å²) in [6.07, 6.45) is 2.58. The highest BCUT2D eigenvalue weighted by Crippen LogP contribution is 2.45. The Bertz CT molecular complexity index is 131. The van der Waals surface area contributed by atoms with E-state index in [1.165, 1.54) is 18.4 Å². The number of hydrogen-bond acceptors (Lipinski definition) is 0. The fourth-order valence-electron chi connectivity index (χ4n) is 1.42. The molecule has 0 spiro atoms. The molecule has 0 nitrogen and oxygen atoms in total. The van der Waals surface area contributed by atoms with Gasteiger partial charge in [-0.1, -0.05) is 32.9 Å². The topological polar surface area (TPSA) is 0 Å². The van der Waals surface area contributed by atoms with E-state index in [2.05, 4.69) is 27.4 Å². The Hall–Kier alpha value is -0.260. The fourth-order valence-corrected chi connectivity index (χ4v) is 1.42. The van der Waals surface area contributed by atoms with E-state index in [4.69, 9.17) is 0 Å². The van der Waals surface area contributed by atoms with Crippen LogP contribution in [-0.4, -0.2) is 0 Å². The third-order valence-corrected chi connectivity index (χ3v) is 3.02. The molecule has 0 aromatic carbocycles. The Balaban J connectivity index is 2.78. The Labute approximate surface area is 58.0 Å². The summed E-state index contributed by atoms with van der Waals surface area (Å²) in [4.78, 5) is 0. The third-order valence-electron chi connectivity index (χ3n) is 3.02. The molecule has 0 aromatic heterocycles. The zero-order valence-electron chi connectivity index (χ0n) is 6.70. The van der Waals surface area contributed by atoms with E-state index < -0.39 is 0 Å². The average Bonchev–Trinajstić information content (AvgIpc) is 1.96. The minimum atomic E-state index is 0.417. The van der Waals surface area contributed by atoms with Crippen molar-refractivity contribution in [3.8, 4) is 0 Å². The highest BCUT2D eigenvalue weighted by atomic mass is 14.4. The van der Waals surface area contributed by atoms with Crippen LogP contribution in [0.1, 0.15) is 33.6 Å². The second kappa shape index (κ2) is 1.86. The Morgan fingerprint density at radius 3 is 2.22 bits per heavy atom. The molecule has 1 saturated carbocycles. The van der Waals surface area contributed by atoms with Crippen molar-refractivity contribution in [3.63, 3.8) is 0 Å². The number of allylic oxidation sites excluding steroid dienone is 1. The number of rotatable bonds is 0. The first-order valence-electron chi connectivity index (χ1n) is 3.73. The average molecular weight is 124 g/mol. The van der Waals surface area contributed by atoms with Crippen LogP contribution in [0.3, 0.4) is 0 Å². The van der Waals surface area contributed by atoms with Crippen molar-refractivity contribution in [2.45, 2.75) is 33.6 Å². The lowest BCUT2D eigenvalue weighted by Crippen LogP contribution is -2.15. The van der Waals surface area contributed by atoms with Gasteiger partial charge < -0.3 is 0 Å². The maximum absolute atomic E-state index is 4.06. The van der Waals surface area contributed by atoms with Gasteiger partial charge in [0.25, 0.3) is 0 Å². The van der Waals surface area contributed by atoms with Crippen LogP contribution in [0.15, 0.2) is 12.2 Å². The van der Waals surface area contributed by atoms with Gasteiger partial charge in [0.05, 0.1) is 0 Å². The van der Waals surface area contributed by atoms with Gasteiger partial charge in [0, 0.05) is 0 Å². The van der Waals surface area contributed by atoms with Gasteiger partial charge >= 0.3 is 0 Å². The Morgan fingerprint density at radius 1 is 1.56 bits per heavy atom. The van der Waals surface area contributed by atoms with E-state index in [0.29, 0.717) is 5.41 Å². The Kier molecular flexibility index (Phi) is 1.42. The van der Waals surface area contributed by atoms with Gasteiger partial charge in [-0.15, -0.1) is 0 Å². The molecule has 0 bridgehead atoms. The summed E-state index contributed by atoms with van der Waals surface area (Å²) < 4.78 is 0. The monoisotopic (exact) mass is 124 g/mol. The molecule has 1 aliphatic carbocycles. The molecular formula is C9H16. The van der Waals surface area contributed by atoms with Crippen molar-refractivity contribution >= 4 is 0 Å². The quantitative estimate of drug-likeness (QED) is 0.435. The normalized spacial score (nSPS) is 33.2. The maximum atomic E-state index is 4.06. The van der Waals surface area contributed by atoms with Crippen molar-refractivity contribution in [3.05, 3.63) is 12.2 Å². The van der Waals surface area contributed by atoms with E-state index in [1.807, 2.05) is 0 Å². The molecule has 1 fully saturated rings. The van der Waals surface area contributed by atoms with Gasteiger partial charge in [-0.25, -0.2) is 0 Å². The van der Waals surface area contributed by atoms with Gasteiger partial charge in [0.1, 0.15) is 0 Å². The minimum Gasteiger partial charge on any atom is -0.0993 e. The molecule has 0 saturated heterocycles. The molecule has 1 unspecified atom stereocenters. The fraction of sp³-hybridized carbons (Fsp3) is 0.778. The molecule has 0 aromatic rings. The van der Waals surface area contributed by atoms with Gasteiger partial charge in [0.15, 0.2) is 0 Å². The smallest absolute Gasteiger partial charge is 0.0122 e. The van der Waals surface area contributed by atoms with E-state index in [9.17, 15) is 0 Å². The summed E-state index contributed by atoms with van der Waals surface area (Å²) in [5.74, 6) is 0.838. The summed E-state index contributed by atoms with van der Waals surface area (Å²) in [5, 5.41) is 0. The summed E-state index contributed by atoms with van der Waals surface area (Å²) in [7, 11) is 0. The maximum Gasteiger partial charge on any atom is -0.0122 e. The SMILES string of the molecule is C=C1CCC(C)C1(C)C. The van der Waals surface area contributed by atoms with Crippen LogP contribution in [-0.2, 0) is 0 Å². The molecule has 1 rings (SSSR count). The predicted molar refractivity (Wildman–Crippen MR) is 41.3 cm³/mol. The second-order valence-electron chi connectivity index (χ2n) is 3.76. The molecule has 52 valence electrons. The largest absolute Gasteiger partial charge is 0.0993 e. The molecule has 0 radical (unpaired) electrons. The van der Waals surface area contributed by atoms with Gasteiger partial charge in [-0.2, -0.15) is 0 Å². The molecule has 0 heteroatoms. The van der Waals surface area contributed by atoms with Crippen LogP contribution in [0.4, 0.5) is 0 Å². The molecule has 1 aliphatic rings. The standard InChI is InChI=1S/C9H16/c1-7-5-6-8(2)9(7,3)4/h8H,1,5-6H2,2-4H3. The zero-order chi connectivity index (χ0) is 7.07. The second-order valence-corrected chi connectivity index (χ2v) is 3.76. The lowest BCUT2D eigenvalue weighted by Gasteiger charge is -2.24. The summed E-state index contributed by atoms with van der Waals surface area (Å²) in [6, 6.07) is 0. The first kappa shape index (κ1) is 6.85. The van der Waals surface area contributed by atoms with Crippen LogP contribution >= 0.6 is 0 Å². The summed E-state index contributed by atoms with van der Waals surface area (Å²) in [6.45, 7) is 11.0. The molecule has 1 atom stereocenters. The molecule has 9 heavy (non-hydrogen) atoms. The van der Waals surface area contributed by atoms with Crippen molar-refractivity contribution in [2.75, 3.05) is 0 Å². The Morgan fingerprint density at radius 2 is 2.11 bits per heavy atom. The van der Waals surface area contributed by atoms with Crippen LogP contribution in [0.5, 0.6) is 0 Å². The molecule has 0 amide bonds.